The summed E-state index contributed by atoms with van der Waals surface area (Å²) in [4.78, 5) is 29.0. The van der Waals surface area contributed by atoms with Crippen LogP contribution >= 0.6 is 0 Å². The number of rotatable bonds is 6. The van der Waals surface area contributed by atoms with Crippen LogP contribution < -0.4 is 10.1 Å². The van der Waals surface area contributed by atoms with E-state index in [2.05, 4.69) is 5.32 Å². The normalized spacial score (nSPS) is 10.7. The first kappa shape index (κ1) is 21.0. The van der Waals surface area contributed by atoms with E-state index in [1.165, 1.54) is 12.1 Å². The Hall–Kier alpha value is -4.26. The Balaban J connectivity index is 1.77. The molecule has 0 fully saturated rings. The highest BCUT2D eigenvalue weighted by atomic mass is 16.6. The molecule has 0 unspecified atom stereocenters. The lowest BCUT2D eigenvalue weighted by Crippen LogP contribution is -2.14. The van der Waals surface area contributed by atoms with Gasteiger partial charge in [0.2, 0.25) is 0 Å². The standard InChI is InChI=1S/C25H21N3O4/c1-3-32-18-12-13-22(24(14-18)28(30)31)27-25(29)20-15-23(17-10-8-16(2)9-11-17)26-21-7-5-4-6-19(20)21/h4-15H,3H2,1-2H3,(H,27,29). The number of amides is 1. The summed E-state index contributed by atoms with van der Waals surface area (Å²) in [5, 5.41) is 14.9. The van der Waals surface area contributed by atoms with Gasteiger partial charge < -0.3 is 10.1 Å². The van der Waals surface area contributed by atoms with E-state index < -0.39 is 10.8 Å². The molecule has 0 aliphatic rings. The van der Waals surface area contributed by atoms with Crippen molar-refractivity contribution in [2.45, 2.75) is 13.8 Å². The van der Waals surface area contributed by atoms with Gasteiger partial charge in [0.15, 0.2) is 0 Å². The number of hydrogen-bond acceptors (Lipinski definition) is 5. The number of aryl methyl sites for hydroxylation is 1. The van der Waals surface area contributed by atoms with Gasteiger partial charge in [0.25, 0.3) is 11.6 Å². The molecule has 0 bridgehead atoms. The number of hydrogen-bond donors (Lipinski definition) is 1. The van der Waals surface area contributed by atoms with Crippen LogP contribution in [0.2, 0.25) is 0 Å². The lowest BCUT2D eigenvalue weighted by Gasteiger charge is -2.12. The molecular weight excluding hydrogens is 406 g/mol. The third-order valence-electron chi connectivity index (χ3n) is 5.03. The number of para-hydroxylation sites is 1. The van der Waals surface area contributed by atoms with Gasteiger partial charge in [0.1, 0.15) is 11.4 Å². The Morgan fingerprint density at radius 3 is 2.53 bits per heavy atom. The third-order valence-corrected chi connectivity index (χ3v) is 5.03. The fourth-order valence-corrected chi connectivity index (χ4v) is 3.45. The van der Waals surface area contributed by atoms with Gasteiger partial charge in [-0.25, -0.2) is 4.98 Å². The van der Waals surface area contributed by atoms with Crippen LogP contribution in [0.1, 0.15) is 22.8 Å². The molecule has 0 aliphatic heterocycles. The van der Waals surface area contributed by atoms with Gasteiger partial charge in [-0.1, -0.05) is 48.0 Å². The Bertz CT molecular complexity index is 1320. The number of fused-ring (bicyclic) bond motifs is 1. The molecule has 4 rings (SSSR count). The van der Waals surface area contributed by atoms with Crippen molar-refractivity contribution in [2.24, 2.45) is 0 Å². The second-order valence-electron chi connectivity index (χ2n) is 7.26. The molecular formula is C25H21N3O4. The minimum absolute atomic E-state index is 0.0984. The highest BCUT2D eigenvalue weighted by Gasteiger charge is 2.20. The highest BCUT2D eigenvalue weighted by Crippen LogP contribution is 2.31. The molecule has 1 amide bonds. The zero-order chi connectivity index (χ0) is 22.7. The second kappa shape index (κ2) is 8.85. The number of nitro benzene ring substituents is 1. The molecule has 0 spiro atoms. The molecule has 32 heavy (non-hydrogen) atoms. The van der Waals surface area contributed by atoms with Crippen molar-refractivity contribution in [1.82, 2.24) is 4.98 Å². The van der Waals surface area contributed by atoms with Gasteiger partial charge in [0, 0.05) is 10.9 Å². The number of aromatic nitrogens is 1. The number of carbonyl (C=O) groups is 1. The smallest absolute Gasteiger partial charge is 0.296 e. The summed E-state index contributed by atoms with van der Waals surface area (Å²) < 4.78 is 5.35. The molecule has 160 valence electrons. The van der Waals surface area contributed by atoms with Crippen molar-refractivity contribution in [3.63, 3.8) is 0 Å². The number of benzene rings is 3. The zero-order valence-electron chi connectivity index (χ0n) is 17.7. The SMILES string of the molecule is CCOc1ccc(NC(=O)c2cc(-c3ccc(C)cc3)nc3ccccc23)c([N+](=O)[O-])c1. The predicted molar refractivity (Wildman–Crippen MR) is 124 cm³/mol. The van der Waals surface area contributed by atoms with Crippen LogP contribution in [0.15, 0.2) is 72.8 Å². The molecule has 1 heterocycles. The van der Waals surface area contributed by atoms with Crippen LogP contribution in [0, 0.1) is 17.0 Å². The van der Waals surface area contributed by atoms with Crippen LogP contribution in [-0.2, 0) is 0 Å². The Kier molecular flexibility index (Phi) is 5.81. The maximum Gasteiger partial charge on any atom is 0.296 e. The van der Waals surface area contributed by atoms with E-state index in [4.69, 9.17) is 9.72 Å². The van der Waals surface area contributed by atoms with E-state index in [0.717, 1.165) is 11.1 Å². The Morgan fingerprint density at radius 2 is 1.81 bits per heavy atom. The highest BCUT2D eigenvalue weighted by molar-refractivity contribution is 6.13. The maximum atomic E-state index is 13.3. The summed E-state index contributed by atoms with van der Waals surface area (Å²) in [6.45, 7) is 4.18. The van der Waals surface area contributed by atoms with E-state index in [1.54, 1.807) is 19.1 Å². The van der Waals surface area contributed by atoms with Crippen LogP contribution in [0.5, 0.6) is 5.75 Å². The van der Waals surface area contributed by atoms with E-state index in [-0.39, 0.29) is 11.4 Å². The van der Waals surface area contributed by atoms with Crippen LogP contribution in [0.4, 0.5) is 11.4 Å². The summed E-state index contributed by atoms with van der Waals surface area (Å²) in [6, 6.07) is 21.3. The number of anilines is 1. The number of pyridine rings is 1. The van der Waals surface area contributed by atoms with Gasteiger partial charge in [-0.2, -0.15) is 0 Å². The lowest BCUT2D eigenvalue weighted by atomic mass is 10.0. The van der Waals surface area contributed by atoms with E-state index in [1.807, 2.05) is 55.5 Å². The minimum Gasteiger partial charge on any atom is -0.494 e. The molecule has 0 saturated heterocycles. The zero-order valence-corrected chi connectivity index (χ0v) is 17.7. The molecule has 3 aromatic carbocycles. The summed E-state index contributed by atoms with van der Waals surface area (Å²) in [5.74, 6) is -0.0857. The van der Waals surface area contributed by atoms with Crippen molar-refractivity contribution >= 4 is 28.2 Å². The van der Waals surface area contributed by atoms with Gasteiger partial charge in [-0.15, -0.1) is 0 Å². The number of nitrogens with zero attached hydrogens (tertiary/aromatic N) is 2. The number of nitro groups is 1. The molecule has 7 heteroatoms. The van der Waals surface area contributed by atoms with Crippen LogP contribution in [0.25, 0.3) is 22.2 Å². The van der Waals surface area contributed by atoms with Gasteiger partial charge in [-0.3, -0.25) is 14.9 Å². The number of nitrogens with one attached hydrogen (secondary N) is 1. The monoisotopic (exact) mass is 427 g/mol. The van der Waals surface area contributed by atoms with E-state index in [9.17, 15) is 14.9 Å². The number of carbonyl (C=O) groups excluding carboxylic acids is 1. The summed E-state index contributed by atoms with van der Waals surface area (Å²) in [5.41, 5.74) is 3.56. The largest absolute Gasteiger partial charge is 0.494 e. The van der Waals surface area contributed by atoms with Crippen molar-refractivity contribution in [2.75, 3.05) is 11.9 Å². The Morgan fingerprint density at radius 1 is 1.06 bits per heavy atom. The average molecular weight is 427 g/mol. The average Bonchev–Trinajstić information content (AvgIpc) is 2.79. The van der Waals surface area contributed by atoms with Crippen LogP contribution in [-0.4, -0.2) is 22.4 Å². The molecule has 1 aromatic heterocycles. The van der Waals surface area contributed by atoms with Gasteiger partial charge >= 0.3 is 0 Å². The fourth-order valence-electron chi connectivity index (χ4n) is 3.45. The summed E-state index contributed by atoms with van der Waals surface area (Å²) >= 11 is 0. The molecule has 7 nitrogen and oxygen atoms in total. The number of ether oxygens (including phenoxy) is 1. The van der Waals surface area contributed by atoms with E-state index >= 15 is 0 Å². The summed E-state index contributed by atoms with van der Waals surface area (Å²) in [6.07, 6.45) is 0. The topological polar surface area (TPSA) is 94.4 Å². The van der Waals surface area contributed by atoms with Gasteiger partial charge in [0.05, 0.1) is 34.4 Å². The first-order chi connectivity index (χ1) is 15.5. The molecule has 1 N–H and O–H groups in total. The molecule has 4 aromatic rings. The first-order valence-corrected chi connectivity index (χ1v) is 10.2. The Labute approximate surface area is 184 Å². The molecule has 0 saturated carbocycles. The predicted octanol–water partition coefficient (Wildman–Crippen LogP) is 5.77. The lowest BCUT2D eigenvalue weighted by molar-refractivity contribution is -0.384. The van der Waals surface area contributed by atoms with Crippen molar-refractivity contribution in [3.8, 4) is 17.0 Å². The fraction of sp³-hybridized carbons (Fsp3) is 0.120. The maximum absolute atomic E-state index is 13.3. The second-order valence-corrected chi connectivity index (χ2v) is 7.26. The van der Waals surface area contributed by atoms with Crippen molar-refractivity contribution in [3.05, 3.63) is 94.0 Å². The molecule has 0 aliphatic carbocycles. The van der Waals surface area contributed by atoms with E-state index in [0.29, 0.717) is 34.5 Å². The molecule has 0 atom stereocenters. The quantitative estimate of drug-likeness (QED) is 0.311. The van der Waals surface area contributed by atoms with Gasteiger partial charge in [-0.05, 0) is 38.1 Å². The third kappa shape index (κ3) is 4.27. The summed E-state index contributed by atoms with van der Waals surface area (Å²) in [7, 11) is 0. The van der Waals surface area contributed by atoms with Crippen LogP contribution in [0.3, 0.4) is 0 Å². The first-order valence-electron chi connectivity index (χ1n) is 10.2. The minimum atomic E-state index is -0.541. The van der Waals surface area contributed by atoms with Crippen molar-refractivity contribution < 1.29 is 14.5 Å². The molecule has 0 radical (unpaired) electrons. The van der Waals surface area contributed by atoms with Crippen molar-refractivity contribution in [1.29, 1.82) is 0 Å².